The normalized spacial score (nSPS) is 12.2. The number of hydrogen-bond donors (Lipinski definition) is 1. The number of alkyl halides is 3. The SMILES string of the molecule is COc1cc(C#CCNC(=O)OCC2c3ccccc3-c3ccccc32)ccc1C(F)(F)F. The lowest BCUT2D eigenvalue weighted by molar-refractivity contribution is -0.138. The smallest absolute Gasteiger partial charge is 0.419 e. The number of ether oxygens (including phenoxy) is 2. The fraction of sp³-hybridized carbons (Fsp3) is 0.192. The van der Waals surface area contributed by atoms with Gasteiger partial charge in [-0.2, -0.15) is 13.2 Å². The van der Waals surface area contributed by atoms with E-state index in [0.29, 0.717) is 5.56 Å². The summed E-state index contributed by atoms with van der Waals surface area (Å²) in [6.07, 6.45) is -5.13. The number of halogens is 3. The van der Waals surface area contributed by atoms with Crippen molar-refractivity contribution in [3.63, 3.8) is 0 Å². The van der Waals surface area contributed by atoms with Gasteiger partial charge in [0.2, 0.25) is 0 Å². The van der Waals surface area contributed by atoms with Gasteiger partial charge >= 0.3 is 12.3 Å². The predicted octanol–water partition coefficient (Wildman–Crippen LogP) is 5.60. The summed E-state index contributed by atoms with van der Waals surface area (Å²) in [5.41, 5.74) is 3.98. The van der Waals surface area contributed by atoms with Crippen molar-refractivity contribution in [3.05, 3.63) is 89.0 Å². The van der Waals surface area contributed by atoms with Crippen molar-refractivity contribution in [2.24, 2.45) is 0 Å². The van der Waals surface area contributed by atoms with E-state index in [1.54, 1.807) is 0 Å². The molecular formula is C26H20F3NO3. The van der Waals surface area contributed by atoms with E-state index >= 15 is 0 Å². The number of carbonyl (C=O) groups is 1. The maximum atomic E-state index is 12.9. The van der Waals surface area contributed by atoms with Crippen molar-refractivity contribution < 1.29 is 27.4 Å². The number of methoxy groups -OCH3 is 1. The predicted molar refractivity (Wildman–Crippen MR) is 118 cm³/mol. The molecule has 0 atom stereocenters. The van der Waals surface area contributed by atoms with Gasteiger partial charge < -0.3 is 14.8 Å². The highest BCUT2D eigenvalue weighted by Gasteiger charge is 2.34. The third kappa shape index (κ3) is 4.80. The summed E-state index contributed by atoms with van der Waals surface area (Å²) in [4.78, 5) is 12.1. The Kier molecular flexibility index (Phi) is 6.27. The Hall–Kier alpha value is -3.92. The molecule has 4 rings (SSSR count). The van der Waals surface area contributed by atoms with Gasteiger partial charge in [0.15, 0.2) is 0 Å². The number of fused-ring (bicyclic) bond motifs is 3. The molecule has 0 fully saturated rings. The van der Waals surface area contributed by atoms with Crippen molar-refractivity contribution in [2.75, 3.05) is 20.3 Å². The van der Waals surface area contributed by atoms with Gasteiger partial charge in [0, 0.05) is 11.5 Å². The highest BCUT2D eigenvalue weighted by atomic mass is 19.4. The molecule has 3 aromatic rings. The quantitative estimate of drug-likeness (QED) is 0.525. The highest BCUT2D eigenvalue weighted by molar-refractivity contribution is 5.79. The summed E-state index contributed by atoms with van der Waals surface area (Å²) in [5.74, 6) is 5.06. The third-order valence-electron chi connectivity index (χ3n) is 5.40. The summed E-state index contributed by atoms with van der Waals surface area (Å²) >= 11 is 0. The van der Waals surface area contributed by atoms with E-state index in [-0.39, 0.29) is 24.8 Å². The topological polar surface area (TPSA) is 47.6 Å². The fourth-order valence-corrected chi connectivity index (χ4v) is 3.92. The van der Waals surface area contributed by atoms with Crippen LogP contribution in [-0.4, -0.2) is 26.4 Å². The van der Waals surface area contributed by atoms with Gasteiger partial charge in [0.05, 0.1) is 19.2 Å². The minimum absolute atomic E-state index is 0.0139. The van der Waals surface area contributed by atoms with Crippen LogP contribution in [-0.2, 0) is 10.9 Å². The zero-order valence-electron chi connectivity index (χ0n) is 17.7. The van der Waals surface area contributed by atoms with Crippen LogP contribution in [0.1, 0.15) is 28.2 Å². The molecule has 0 saturated heterocycles. The van der Waals surface area contributed by atoms with Gasteiger partial charge in [-0.15, -0.1) is 0 Å². The lowest BCUT2D eigenvalue weighted by atomic mass is 9.98. The molecule has 168 valence electrons. The van der Waals surface area contributed by atoms with Gasteiger partial charge in [-0.05, 0) is 40.5 Å². The lowest BCUT2D eigenvalue weighted by Crippen LogP contribution is -2.26. The van der Waals surface area contributed by atoms with Gasteiger partial charge in [0.25, 0.3) is 0 Å². The molecule has 1 amide bonds. The van der Waals surface area contributed by atoms with Crippen LogP contribution in [0.5, 0.6) is 5.75 Å². The summed E-state index contributed by atoms with van der Waals surface area (Å²) in [6, 6.07) is 19.5. The van der Waals surface area contributed by atoms with Crippen molar-refractivity contribution in [2.45, 2.75) is 12.1 Å². The van der Waals surface area contributed by atoms with Crippen molar-refractivity contribution in [1.82, 2.24) is 5.32 Å². The molecule has 0 bridgehead atoms. The minimum Gasteiger partial charge on any atom is -0.496 e. The summed E-state index contributed by atoms with van der Waals surface area (Å²) in [5, 5.41) is 2.54. The van der Waals surface area contributed by atoms with E-state index in [9.17, 15) is 18.0 Å². The Bertz CT molecular complexity index is 1200. The van der Waals surface area contributed by atoms with Crippen molar-refractivity contribution in [3.8, 4) is 28.7 Å². The van der Waals surface area contributed by atoms with Gasteiger partial charge in [-0.1, -0.05) is 60.4 Å². The molecule has 0 unspecified atom stereocenters. The van der Waals surface area contributed by atoms with Crippen LogP contribution in [0, 0.1) is 11.8 Å². The molecule has 1 aliphatic rings. The average Bonchev–Trinajstić information content (AvgIpc) is 3.13. The number of nitrogens with one attached hydrogen (secondary N) is 1. The first-order valence-electron chi connectivity index (χ1n) is 10.2. The van der Waals surface area contributed by atoms with Crippen LogP contribution in [0.15, 0.2) is 66.7 Å². The Morgan fingerprint density at radius 3 is 2.24 bits per heavy atom. The van der Waals surface area contributed by atoms with Crippen LogP contribution < -0.4 is 10.1 Å². The number of carbonyl (C=O) groups excluding carboxylic acids is 1. The van der Waals surface area contributed by atoms with E-state index < -0.39 is 17.8 Å². The Balaban J connectivity index is 1.34. The molecule has 0 aliphatic heterocycles. The second-order valence-electron chi connectivity index (χ2n) is 7.39. The Morgan fingerprint density at radius 2 is 1.64 bits per heavy atom. The number of benzene rings is 3. The van der Waals surface area contributed by atoms with Crippen LogP contribution in [0.25, 0.3) is 11.1 Å². The molecule has 0 aromatic heterocycles. The molecule has 1 N–H and O–H groups in total. The molecule has 0 spiro atoms. The monoisotopic (exact) mass is 451 g/mol. The number of hydrogen-bond acceptors (Lipinski definition) is 3. The van der Waals surface area contributed by atoms with Crippen molar-refractivity contribution >= 4 is 6.09 Å². The zero-order chi connectivity index (χ0) is 23.4. The minimum atomic E-state index is -4.51. The first kappa shape index (κ1) is 22.3. The summed E-state index contributed by atoms with van der Waals surface area (Å²) in [7, 11) is 1.17. The Labute approximate surface area is 189 Å². The van der Waals surface area contributed by atoms with E-state index in [1.165, 1.54) is 19.2 Å². The first-order chi connectivity index (χ1) is 15.9. The van der Waals surface area contributed by atoms with Crippen LogP contribution in [0.3, 0.4) is 0 Å². The van der Waals surface area contributed by atoms with E-state index in [0.717, 1.165) is 28.3 Å². The van der Waals surface area contributed by atoms with Gasteiger partial charge in [-0.25, -0.2) is 4.79 Å². The molecule has 0 radical (unpaired) electrons. The number of rotatable bonds is 4. The molecule has 0 heterocycles. The van der Waals surface area contributed by atoms with Gasteiger partial charge in [-0.3, -0.25) is 0 Å². The van der Waals surface area contributed by atoms with Crippen molar-refractivity contribution in [1.29, 1.82) is 0 Å². The Morgan fingerprint density at radius 1 is 1.00 bits per heavy atom. The van der Waals surface area contributed by atoms with Crippen LogP contribution in [0.2, 0.25) is 0 Å². The zero-order valence-corrected chi connectivity index (χ0v) is 17.7. The van der Waals surface area contributed by atoms with Gasteiger partial charge in [0.1, 0.15) is 12.4 Å². The molecule has 1 aliphatic carbocycles. The first-order valence-corrected chi connectivity index (χ1v) is 10.2. The second kappa shape index (κ2) is 9.29. The van der Waals surface area contributed by atoms with E-state index in [4.69, 9.17) is 9.47 Å². The highest BCUT2D eigenvalue weighted by Crippen LogP contribution is 2.44. The summed E-state index contributed by atoms with van der Waals surface area (Å²) in [6.45, 7) is 0.170. The molecule has 4 nitrogen and oxygen atoms in total. The number of alkyl carbamates (subject to hydrolysis) is 1. The lowest BCUT2D eigenvalue weighted by Gasteiger charge is -2.14. The third-order valence-corrected chi connectivity index (χ3v) is 5.40. The molecule has 0 saturated carbocycles. The summed E-state index contributed by atoms with van der Waals surface area (Å²) < 4.78 is 49.0. The number of amides is 1. The maximum Gasteiger partial charge on any atom is 0.419 e. The largest absolute Gasteiger partial charge is 0.496 e. The van der Waals surface area contributed by atoms with E-state index in [2.05, 4.69) is 29.3 Å². The average molecular weight is 451 g/mol. The fourth-order valence-electron chi connectivity index (χ4n) is 3.92. The van der Waals surface area contributed by atoms with Crippen LogP contribution >= 0.6 is 0 Å². The molecule has 3 aromatic carbocycles. The van der Waals surface area contributed by atoms with E-state index in [1.807, 2.05) is 36.4 Å². The molecular weight excluding hydrogens is 431 g/mol. The standard InChI is InChI=1S/C26H20F3NO3/c1-32-24-15-17(12-13-23(24)26(27,28)29)7-6-14-30-25(31)33-16-22-20-10-4-2-8-18(20)19-9-3-5-11-21(19)22/h2-5,8-13,15,22H,14,16H2,1H3,(H,30,31). The van der Waals surface area contributed by atoms with Crippen LogP contribution in [0.4, 0.5) is 18.0 Å². The second-order valence-corrected chi connectivity index (χ2v) is 7.39. The molecule has 33 heavy (non-hydrogen) atoms. The molecule has 7 heteroatoms. The maximum absolute atomic E-state index is 12.9.